The molecule has 4 nitrogen and oxygen atoms in total. The first-order chi connectivity index (χ1) is 8.61. The number of nitro benzene ring substituents is 1. The second kappa shape index (κ2) is 5.06. The molecule has 0 radical (unpaired) electrons. The van der Waals surface area contributed by atoms with Crippen LogP contribution in [-0.2, 0) is 0 Å². The van der Waals surface area contributed by atoms with Gasteiger partial charge in [0.25, 0.3) is 5.69 Å². The van der Waals surface area contributed by atoms with Crippen molar-refractivity contribution in [2.24, 2.45) is 0 Å². The molecule has 0 N–H and O–H groups in total. The number of ether oxygens (including phenoxy) is 1. The van der Waals surface area contributed by atoms with Crippen LogP contribution in [0.15, 0.2) is 42.5 Å². The van der Waals surface area contributed by atoms with Crippen molar-refractivity contribution in [2.45, 2.75) is 0 Å². The number of hydrogen-bond donors (Lipinski definition) is 0. The van der Waals surface area contributed by atoms with Crippen LogP contribution in [0.2, 0.25) is 5.02 Å². The Morgan fingerprint density at radius 1 is 1.17 bits per heavy atom. The zero-order valence-corrected chi connectivity index (χ0v) is 10.3. The first-order valence-corrected chi connectivity index (χ1v) is 5.58. The Morgan fingerprint density at radius 3 is 2.39 bits per heavy atom. The number of nitro groups is 1. The molecule has 0 amide bonds. The summed E-state index contributed by atoms with van der Waals surface area (Å²) in [5, 5.41) is 11.3. The SMILES string of the molecule is COc1ccc(-c2ccc(Cl)cc2[N+](=O)[O-])cc1. The second-order valence-electron chi connectivity index (χ2n) is 3.65. The third kappa shape index (κ3) is 2.43. The van der Waals surface area contributed by atoms with Gasteiger partial charge in [-0.1, -0.05) is 23.7 Å². The molecule has 0 atom stereocenters. The molecule has 2 aromatic rings. The van der Waals surface area contributed by atoms with Crippen molar-refractivity contribution >= 4 is 17.3 Å². The number of halogens is 1. The summed E-state index contributed by atoms with van der Waals surface area (Å²) in [6.45, 7) is 0. The fourth-order valence-corrected chi connectivity index (χ4v) is 1.84. The molecule has 5 heteroatoms. The lowest BCUT2D eigenvalue weighted by molar-refractivity contribution is -0.384. The smallest absolute Gasteiger partial charge is 0.278 e. The predicted octanol–water partition coefficient (Wildman–Crippen LogP) is 3.92. The first-order valence-electron chi connectivity index (χ1n) is 5.20. The second-order valence-corrected chi connectivity index (χ2v) is 4.08. The molecule has 0 saturated heterocycles. The number of methoxy groups -OCH3 is 1. The van der Waals surface area contributed by atoms with E-state index in [1.54, 1.807) is 43.5 Å². The van der Waals surface area contributed by atoms with Crippen molar-refractivity contribution in [3.63, 3.8) is 0 Å². The number of benzene rings is 2. The van der Waals surface area contributed by atoms with E-state index in [1.807, 2.05) is 0 Å². The summed E-state index contributed by atoms with van der Waals surface area (Å²) >= 11 is 5.77. The molecule has 0 spiro atoms. The average molecular weight is 264 g/mol. The predicted molar refractivity (Wildman–Crippen MR) is 70.1 cm³/mol. The maximum absolute atomic E-state index is 11.0. The van der Waals surface area contributed by atoms with Crippen LogP contribution in [0.4, 0.5) is 5.69 Å². The van der Waals surface area contributed by atoms with Gasteiger partial charge in [0.2, 0.25) is 0 Å². The highest BCUT2D eigenvalue weighted by Gasteiger charge is 2.15. The van der Waals surface area contributed by atoms with Gasteiger partial charge in [0, 0.05) is 11.1 Å². The van der Waals surface area contributed by atoms with Gasteiger partial charge in [-0.2, -0.15) is 0 Å². The van der Waals surface area contributed by atoms with Gasteiger partial charge in [0.05, 0.1) is 17.6 Å². The Balaban J connectivity index is 2.52. The number of rotatable bonds is 3. The van der Waals surface area contributed by atoms with Crippen LogP contribution < -0.4 is 4.74 Å². The Hall–Kier alpha value is -2.07. The van der Waals surface area contributed by atoms with E-state index in [2.05, 4.69) is 0 Å². The normalized spacial score (nSPS) is 10.1. The molecule has 18 heavy (non-hydrogen) atoms. The lowest BCUT2D eigenvalue weighted by atomic mass is 10.0. The summed E-state index contributed by atoms with van der Waals surface area (Å²) in [5.74, 6) is 0.704. The number of hydrogen-bond acceptors (Lipinski definition) is 3. The zero-order valence-electron chi connectivity index (χ0n) is 9.59. The topological polar surface area (TPSA) is 52.4 Å². The Labute approximate surface area is 109 Å². The Kier molecular flexibility index (Phi) is 3.48. The standard InChI is InChI=1S/C13H10ClNO3/c1-18-11-5-2-9(3-6-11)12-7-4-10(14)8-13(12)15(16)17/h2-8H,1H3. The minimum absolute atomic E-state index is 0.00679. The van der Waals surface area contributed by atoms with E-state index in [1.165, 1.54) is 6.07 Å². The lowest BCUT2D eigenvalue weighted by Gasteiger charge is -2.05. The van der Waals surface area contributed by atoms with Gasteiger partial charge in [-0.05, 0) is 29.8 Å². The molecule has 2 aromatic carbocycles. The van der Waals surface area contributed by atoms with Gasteiger partial charge in [-0.3, -0.25) is 10.1 Å². The van der Waals surface area contributed by atoms with E-state index in [-0.39, 0.29) is 5.69 Å². The minimum atomic E-state index is -0.439. The third-order valence-corrected chi connectivity index (χ3v) is 2.79. The van der Waals surface area contributed by atoms with Crippen molar-refractivity contribution in [3.8, 4) is 16.9 Å². The summed E-state index contributed by atoms with van der Waals surface area (Å²) in [6, 6.07) is 11.7. The Bertz CT molecular complexity index is 581. The molecule has 0 aliphatic rings. The van der Waals surface area contributed by atoms with Crippen LogP contribution in [0.25, 0.3) is 11.1 Å². The van der Waals surface area contributed by atoms with Crippen molar-refractivity contribution in [1.82, 2.24) is 0 Å². The van der Waals surface area contributed by atoms with Crippen LogP contribution in [0.1, 0.15) is 0 Å². The minimum Gasteiger partial charge on any atom is -0.497 e. The van der Waals surface area contributed by atoms with Crippen LogP contribution in [-0.4, -0.2) is 12.0 Å². The summed E-state index contributed by atoms with van der Waals surface area (Å²) < 4.78 is 5.05. The van der Waals surface area contributed by atoms with E-state index in [9.17, 15) is 10.1 Å². The average Bonchev–Trinajstić information content (AvgIpc) is 2.39. The monoisotopic (exact) mass is 263 g/mol. The van der Waals surface area contributed by atoms with Gasteiger partial charge in [-0.25, -0.2) is 0 Å². The van der Waals surface area contributed by atoms with E-state index in [0.717, 1.165) is 5.56 Å². The summed E-state index contributed by atoms with van der Waals surface area (Å²) in [6.07, 6.45) is 0. The van der Waals surface area contributed by atoms with Gasteiger partial charge in [0.15, 0.2) is 0 Å². The molecule has 0 fully saturated rings. The quantitative estimate of drug-likeness (QED) is 0.623. The molecule has 92 valence electrons. The highest BCUT2D eigenvalue weighted by Crippen LogP contribution is 2.32. The maximum Gasteiger partial charge on any atom is 0.278 e. The molecule has 0 saturated carbocycles. The fourth-order valence-electron chi connectivity index (χ4n) is 1.67. The maximum atomic E-state index is 11.0. The molecule has 0 heterocycles. The lowest BCUT2D eigenvalue weighted by Crippen LogP contribution is -1.92. The van der Waals surface area contributed by atoms with Crippen molar-refractivity contribution < 1.29 is 9.66 Å². The summed E-state index contributed by atoms with van der Waals surface area (Å²) in [4.78, 5) is 10.6. The molecule has 0 unspecified atom stereocenters. The van der Waals surface area contributed by atoms with E-state index in [4.69, 9.17) is 16.3 Å². The molecule has 2 rings (SSSR count). The Morgan fingerprint density at radius 2 is 1.83 bits per heavy atom. The van der Waals surface area contributed by atoms with Crippen LogP contribution in [0.5, 0.6) is 5.75 Å². The van der Waals surface area contributed by atoms with Crippen molar-refractivity contribution in [3.05, 3.63) is 57.6 Å². The van der Waals surface area contributed by atoms with Crippen LogP contribution >= 0.6 is 11.6 Å². The first kappa shape index (κ1) is 12.4. The number of nitrogens with zero attached hydrogens (tertiary/aromatic N) is 1. The molecule has 0 aliphatic carbocycles. The fraction of sp³-hybridized carbons (Fsp3) is 0.0769. The summed E-state index contributed by atoms with van der Waals surface area (Å²) in [7, 11) is 1.57. The van der Waals surface area contributed by atoms with Crippen molar-refractivity contribution in [2.75, 3.05) is 7.11 Å². The van der Waals surface area contributed by atoms with Crippen LogP contribution in [0, 0.1) is 10.1 Å². The zero-order chi connectivity index (χ0) is 13.1. The van der Waals surface area contributed by atoms with Gasteiger partial charge < -0.3 is 4.74 Å². The molecular formula is C13H10ClNO3. The highest BCUT2D eigenvalue weighted by atomic mass is 35.5. The van der Waals surface area contributed by atoms with Gasteiger partial charge in [0.1, 0.15) is 5.75 Å². The molecular weight excluding hydrogens is 254 g/mol. The molecule has 0 aromatic heterocycles. The van der Waals surface area contributed by atoms with E-state index >= 15 is 0 Å². The summed E-state index contributed by atoms with van der Waals surface area (Å²) in [5.41, 5.74) is 1.28. The highest BCUT2D eigenvalue weighted by molar-refractivity contribution is 6.30. The van der Waals surface area contributed by atoms with Crippen molar-refractivity contribution in [1.29, 1.82) is 0 Å². The largest absolute Gasteiger partial charge is 0.497 e. The molecule has 0 bridgehead atoms. The van der Waals surface area contributed by atoms with Crippen LogP contribution in [0.3, 0.4) is 0 Å². The molecule has 0 aliphatic heterocycles. The van der Waals surface area contributed by atoms with Gasteiger partial charge in [-0.15, -0.1) is 0 Å². The third-order valence-electron chi connectivity index (χ3n) is 2.56. The van der Waals surface area contributed by atoms with E-state index in [0.29, 0.717) is 16.3 Å². The van der Waals surface area contributed by atoms with E-state index < -0.39 is 4.92 Å². The van der Waals surface area contributed by atoms with Gasteiger partial charge >= 0.3 is 0 Å².